The molecule has 1 saturated heterocycles. The van der Waals surface area contributed by atoms with Crippen LogP contribution in [0.3, 0.4) is 0 Å². The van der Waals surface area contributed by atoms with E-state index < -0.39 is 0 Å². The number of furan rings is 1. The van der Waals surface area contributed by atoms with E-state index in [-0.39, 0.29) is 11.4 Å². The Morgan fingerprint density at radius 1 is 1.69 bits per heavy atom. The third-order valence-corrected chi connectivity index (χ3v) is 2.23. The van der Waals surface area contributed by atoms with Gasteiger partial charge in [0, 0.05) is 13.1 Å². The monoisotopic (exact) mass is 180 g/mol. The fourth-order valence-corrected chi connectivity index (χ4v) is 1.33. The summed E-state index contributed by atoms with van der Waals surface area (Å²) < 4.78 is 4.83. The average Bonchev–Trinajstić information content (AvgIpc) is 2.53. The van der Waals surface area contributed by atoms with E-state index >= 15 is 0 Å². The van der Waals surface area contributed by atoms with Crippen LogP contribution in [0.5, 0.6) is 0 Å². The Labute approximate surface area is 76.3 Å². The fourth-order valence-electron chi connectivity index (χ4n) is 1.33. The van der Waals surface area contributed by atoms with Crippen molar-refractivity contribution in [1.29, 1.82) is 0 Å². The third-order valence-electron chi connectivity index (χ3n) is 2.23. The second-order valence-corrected chi connectivity index (χ2v) is 3.63. The van der Waals surface area contributed by atoms with Crippen LogP contribution in [-0.4, -0.2) is 24.5 Å². The molecule has 0 aromatic carbocycles. The Morgan fingerprint density at radius 2 is 2.46 bits per heavy atom. The van der Waals surface area contributed by atoms with Crippen molar-refractivity contribution in [3.05, 3.63) is 24.2 Å². The molecule has 0 bridgehead atoms. The highest BCUT2D eigenvalue weighted by Gasteiger charge is 2.33. The molecule has 2 rings (SSSR count). The molecule has 1 amide bonds. The lowest BCUT2D eigenvalue weighted by atomic mass is 9.95. The van der Waals surface area contributed by atoms with Crippen LogP contribution in [0.1, 0.15) is 17.3 Å². The zero-order valence-electron chi connectivity index (χ0n) is 7.46. The molecule has 4 heteroatoms. The molecular weight excluding hydrogens is 168 g/mol. The molecule has 1 fully saturated rings. The van der Waals surface area contributed by atoms with Gasteiger partial charge in [-0.1, -0.05) is 0 Å². The second-order valence-electron chi connectivity index (χ2n) is 3.63. The van der Waals surface area contributed by atoms with Gasteiger partial charge in [-0.2, -0.15) is 0 Å². The zero-order valence-corrected chi connectivity index (χ0v) is 7.46. The predicted octanol–water partition coefficient (Wildman–Crippen LogP) is 0.371. The van der Waals surface area contributed by atoms with E-state index in [4.69, 9.17) is 4.42 Å². The number of hydrogen-bond donors (Lipinski definition) is 2. The minimum atomic E-state index is -0.0889. The van der Waals surface area contributed by atoms with Gasteiger partial charge in [0.2, 0.25) is 0 Å². The minimum Gasteiger partial charge on any atom is -0.472 e. The zero-order chi connectivity index (χ0) is 9.31. The highest BCUT2D eigenvalue weighted by Crippen LogP contribution is 2.10. The quantitative estimate of drug-likeness (QED) is 0.691. The summed E-state index contributed by atoms with van der Waals surface area (Å²) in [4.78, 5) is 11.5. The first kappa shape index (κ1) is 8.31. The second kappa shape index (κ2) is 2.88. The summed E-state index contributed by atoms with van der Waals surface area (Å²) in [5.74, 6) is -0.0715. The number of nitrogens with one attached hydrogen (secondary N) is 2. The molecule has 0 spiro atoms. The van der Waals surface area contributed by atoms with Crippen molar-refractivity contribution in [1.82, 2.24) is 10.6 Å². The van der Waals surface area contributed by atoms with E-state index in [1.807, 2.05) is 6.92 Å². The van der Waals surface area contributed by atoms with Crippen LogP contribution in [0.4, 0.5) is 0 Å². The Hall–Kier alpha value is -1.29. The van der Waals surface area contributed by atoms with Gasteiger partial charge in [-0.05, 0) is 13.0 Å². The summed E-state index contributed by atoms with van der Waals surface area (Å²) >= 11 is 0. The van der Waals surface area contributed by atoms with Gasteiger partial charge in [0.15, 0.2) is 0 Å². The number of rotatable bonds is 2. The van der Waals surface area contributed by atoms with Gasteiger partial charge in [0.1, 0.15) is 6.26 Å². The molecule has 0 saturated carbocycles. The van der Waals surface area contributed by atoms with Crippen molar-refractivity contribution < 1.29 is 9.21 Å². The molecule has 70 valence electrons. The Morgan fingerprint density at radius 3 is 2.92 bits per heavy atom. The Kier molecular flexibility index (Phi) is 1.84. The molecule has 1 aromatic heterocycles. The highest BCUT2D eigenvalue weighted by atomic mass is 16.3. The SMILES string of the molecule is CC1(NC(=O)c2ccoc2)CNC1. The molecule has 2 N–H and O–H groups in total. The van der Waals surface area contributed by atoms with E-state index in [1.54, 1.807) is 6.07 Å². The van der Waals surface area contributed by atoms with Crippen LogP contribution in [0.2, 0.25) is 0 Å². The van der Waals surface area contributed by atoms with Gasteiger partial charge in [0.05, 0.1) is 17.4 Å². The first-order valence-corrected chi connectivity index (χ1v) is 4.25. The van der Waals surface area contributed by atoms with Gasteiger partial charge < -0.3 is 15.1 Å². The van der Waals surface area contributed by atoms with E-state index in [9.17, 15) is 4.79 Å². The molecular formula is C9H12N2O2. The number of carbonyl (C=O) groups is 1. The topological polar surface area (TPSA) is 54.3 Å². The maximum absolute atomic E-state index is 11.5. The smallest absolute Gasteiger partial charge is 0.255 e. The summed E-state index contributed by atoms with van der Waals surface area (Å²) in [6, 6.07) is 1.66. The lowest BCUT2D eigenvalue weighted by Crippen LogP contribution is -2.67. The summed E-state index contributed by atoms with van der Waals surface area (Å²) in [7, 11) is 0. The molecule has 2 heterocycles. The largest absolute Gasteiger partial charge is 0.472 e. The molecule has 1 aliphatic heterocycles. The summed E-state index contributed by atoms with van der Waals surface area (Å²) in [6.07, 6.45) is 2.95. The van der Waals surface area contributed by atoms with Crippen molar-refractivity contribution in [2.45, 2.75) is 12.5 Å². The van der Waals surface area contributed by atoms with Gasteiger partial charge >= 0.3 is 0 Å². The van der Waals surface area contributed by atoms with Crippen LogP contribution in [-0.2, 0) is 0 Å². The van der Waals surface area contributed by atoms with Crippen molar-refractivity contribution in [3.63, 3.8) is 0 Å². The predicted molar refractivity (Wildman–Crippen MR) is 47.4 cm³/mol. The van der Waals surface area contributed by atoms with Crippen LogP contribution in [0, 0.1) is 0 Å². The summed E-state index contributed by atoms with van der Waals surface area (Å²) in [5, 5.41) is 6.05. The van der Waals surface area contributed by atoms with Crippen molar-refractivity contribution >= 4 is 5.91 Å². The van der Waals surface area contributed by atoms with E-state index in [0.717, 1.165) is 13.1 Å². The number of carbonyl (C=O) groups excluding carboxylic acids is 1. The van der Waals surface area contributed by atoms with Crippen molar-refractivity contribution in [3.8, 4) is 0 Å². The molecule has 0 atom stereocenters. The molecule has 0 radical (unpaired) electrons. The maximum Gasteiger partial charge on any atom is 0.255 e. The molecule has 1 aliphatic rings. The number of hydrogen-bond acceptors (Lipinski definition) is 3. The van der Waals surface area contributed by atoms with Gasteiger partial charge in [-0.25, -0.2) is 0 Å². The van der Waals surface area contributed by atoms with Crippen LogP contribution < -0.4 is 10.6 Å². The minimum absolute atomic E-state index is 0.0715. The van der Waals surface area contributed by atoms with Crippen LogP contribution >= 0.6 is 0 Å². The molecule has 0 aliphatic carbocycles. The highest BCUT2D eigenvalue weighted by molar-refractivity contribution is 5.94. The number of amides is 1. The summed E-state index contributed by atoms with van der Waals surface area (Å²) in [6.45, 7) is 3.68. The first-order chi connectivity index (χ1) is 6.20. The third kappa shape index (κ3) is 1.58. The van der Waals surface area contributed by atoms with Crippen LogP contribution in [0.15, 0.2) is 23.0 Å². The van der Waals surface area contributed by atoms with Gasteiger partial charge in [0.25, 0.3) is 5.91 Å². The Bertz CT molecular complexity index is 301. The average molecular weight is 180 g/mol. The van der Waals surface area contributed by atoms with Crippen LogP contribution in [0.25, 0.3) is 0 Å². The molecule has 1 aromatic rings. The summed E-state index contributed by atoms with van der Waals surface area (Å²) in [5.41, 5.74) is 0.488. The lowest BCUT2D eigenvalue weighted by molar-refractivity contribution is 0.0871. The maximum atomic E-state index is 11.5. The van der Waals surface area contributed by atoms with E-state index in [2.05, 4.69) is 10.6 Å². The van der Waals surface area contributed by atoms with Gasteiger partial charge in [-0.15, -0.1) is 0 Å². The fraction of sp³-hybridized carbons (Fsp3) is 0.444. The van der Waals surface area contributed by atoms with Crippen molar-refractivity contribution in [2.24, 2.45) is 0 Å². The first-order valence-electron chi connectivity index (χ1n) is 4.25. The molecule has 0 unspecified atom stereocenters. The Balaban J connectivity index is 1.99. The lowest BCUT2D eigenvalue weighted by Gasteiger charge is -2.39. The van der Waals surface area contributed by atoms with E-state index in [1.165, 1.54) is 12.5 Å². The standard InChI is InChI=1S/C9H12N2O2/c1-9(5-10-6-9)11-8(12)7-2-3-13-4-7/h2-4,10H,5-6H2,1H3,(H,11,12). The normalized spacial score (nSPS) is 19.2. The van der Waals surface area contributed by atoms with Crippen molar-refractivity contribution in [2.75, 3.05) is 13.1 Å². The van der Waals surface area contributed by atoms with Gasteiger partial charge in [-0.3, -0.25) is 4.79 Å². The molecule has 13 heavy (non-hydrogen) atoms. The molecule has 4 nitrogen and oxygen atoms in total. The van der Waals surface area contributed by atoms with E-state index in [0.29, 0.717) is 5.56 Å².